The topological polar surface area (TPSA) is 104 Å². The van der Waals surface area contributed by atoms with Crippen molar-refractivity contribution in [3.63, 3.8) is 0 Å². The van der Waals surface area contributed by atoms with E-state index in [0.717, 1.165) is 12.8 Å². The highest BCUT2D eigenvalue weighted by Crippen LogP contribution is 2.53. The minimum atomic E-state index is -1.56. The molecule has 1 fully saturated rings. The number of aliphatic hydroxyl groups excluding tert-OH is 1. The number of carboxylic acid groups (broad SMARTS) is 1. The fourth-order valence-electron chi connectivity index (χ4n) is 5.19. The van der Waals surface area contributed by atoms with Gasteiger partial charge in [-0.05, 0) is 55.7 Å². The van der Waals surface area contributed by atoms with Crippen molar-refractivity contribution in [3.05, 3.63) is 105 Å². The normalized spacial score (nSPS) is 20.0. The van der Waals surface area contributed by atoms with Crippen LogP contribution >= 0.6 is 23.2 Å². The molecule has 7 nitrogen and oxygen atoms in total. The second kappa shape index (κ2) is 10.4. The SMILES string of the molecule is CC(=O)c1ccc2c(c1)C(=O)N(C(CC(=O)O)c1ccc(Cl)cc1)[C@@]2(OCC1(CO)CC1)c1ccc(Cl)cc1. The highest BCUT2D eigenvalue weighted by atomic mass is 35.5. The first-order valence-corrected chi connectivity index (χ1v) is 13.3. The lowest BCUT2D eigenvalue weighted by Gasteiger charge is -2.44. The molecule has 3 aromatic carbocycles. The van der Waals surface area contributed by atoms with Crippen LogP contribution in [0.1, 0.15) is 69.6 Å². The van der Waals surface area contributed by atoms with Crippen molar-refractivity contribution in [2.24, 2.45) is 5.41 Å². The highest BCUT2D eigenvalue weighted by Gasteiger charge is 2.57. The summed E-state index contributed by atoms with van der Waals surface area (Å²) < 4.78 is 6.75. The first-order valence-electron chi connectivity index (χ1n) is 12.6. The minimum absolute atomic E-state index is 0.0798. The van der Waals surface area contributed by atoms with E-state index in [1.807, 2.05) is 0 Å². The van der Waals surface area contributed by atoms with Crippen LogP contribution in [0.4, 0.5) is 0 Å². The second-order valence-corrected chi connectivity index (χ2v) is 11.1. The van der Waals surface area contributed by atoms with Gasteiger partial charge in [-0.1, -0.05) is 59.6 Å². The highest BCUT2D eigenvalue weighted by molar-refractivity contribution is 6.30. The van der Waals surface area contributed by atoms with Crippen molar-refractivity contribution in [2.75, 3.05) is 13.2 Å². The standard InChI is InChI=1S/C30H27Cl2NO6/c1-18(35)20-4-11-25-24(14-20)28(38)33(26(15-27(36)37)19-2-7-22(31)8-3-19)30(25,21-5-9-23(32)10-6-21)39-17-29(16-34)12-13-29/h2-11,14,26,34H,12-13,15-17H2,1H3,(H,36,37)/t26?,30-/m1/s1. The molecule has 2 N–H and O–H groups in total. The summed E-state index contributed by atoms with van der Waals surface area (Å²) in [5, 5.41) is 21.0. The van der Waals surface area contributed by atoms with Gasteiger partial charge in [0.25, 0.3) is 5.91 Å². The number of halogens is 2. The minimum Gasteiger partial charge on any atom is -0.481 e. The second-order valence-electron chi connectivity index (χ2n) is 10.3. The van der Waals surface area contributed by atoms with E-state index in [2.05, 4.69) is 0 Å². The number of amides is 1. The largest absolute Gasteiger partial charge is 0.481 e. The van der Waals surface area contributed by atoms with Crippen LogP contribution in [-0.2, 0) is 15.3 Å². The molecule has 2 atom stereocenters. The van der Waals surface area contributed by atoms with E-state index in [1.165, 1.54) is 17.9 Å². The van der Waals surface area contributed by atoms with Gasteiger partial charge in [0.15, 0.2) is 11.5 Å². The van der Waals surface area contributed by atoms with Crippen LogP contribution in [0.3, 0.4) is 0 Å². The van der Waals surface area contributed by atoms with Crippen LogP contribution < -0.4 is 0 Å². The average Bonchev–Trinajstić information content (AvgIpc) is 3.66. The third-order valence-electron chi connectivity index (χ3n) is 7.63. The number of carbonyl (C=O) groups is 3. The van der Waals surface area contributed by atoms with Crippen LogP contribution in [0.25, 0.3) is 0 Å². The Labute approximate surface area is 235 Å². The van der Waals surface area contributed by atoms with E-state index in [9.17, 15) is 24.6 Å². The van der Waals surface area contributed by atoms with E-state index < -0.39 is 35.5 Å². The molecule has 0 saturated heterocycles. The number of ether oxygens (including phenoxy) is 1. The lowest BCUT2D eigenvalue weighted by atomic mass is 9.90. The van der Waals surface area contributed by atoms with E-state index >= 15 is 0 Å². The van der Waals surface area contributed by atoms with Crippen molar-refractivity contribution in [1.82, 2.24) is 4.90 Å². The number of aliphatic carboxylic acids is 1. The number of nitrogens with zero attached hydrogens (tertiary/aromatic N) is 1. The van der Waals surface area contributed by atoms with E-state index in [0.29, 0.717) is 32.3 Å². The zero-order chi connectivity index (χ0) is 27.9. The first-order chi connectivity index (χ1) is 18.6. The molecule has 39 heavy (non-hydrogen) atoms. The Morgan fingerprint density at radius 1 is 1.00 bits per heavy atom. The molecule has 1 amide bonds. The summed E-state index contributed by atoms with van der Waals surface area (Å²) in [4.78, 5) is 40.2. The van der Waals surface area contributed by atoms with Gasteiger partial charge in [0, 0.05) is 37.7 Å². The predicted octanol–water partition coefficient (Wildman–Crippen LogP) is 5.86. The molecule has 1 unspecified atom stereocenters. The van der Waals surface area contributed by atoms with Crippen molar-refractivity contribution < 1.29 is 29.3 Å². The molecule has 0 radical (unpaired) electrons. The summed E-state index contributed by atoms with van der Waals surface area (Å²) in [5.74, 6) is -1.79. The van der Waals surface area contributed by atoms with Gasteiger partial charge in [0.05, 0.1) is 25.7 Å². The molecule has 2 aliphatic rings. The zero-order valence-electron chi connectivity index (χ0n) is 21.2. The number of fused-ring (bicyclic) bond motifs is 1. The van der Waals surface area contributed by atoms with Gasteiger partial charge in [-0.25, -0.2) is 0 Å². The molecule has 202 valence electrons. The number of rotatable bonds is 10. The lowest BCUT2D eigenvalue weighted by molar-refractivity contribution is -0.150. The number of carboxylic acids is 1. The van der Waals surface area contributed by atoms with Gasteiger partial charge < -0.3 is 14.9 Å². The average molecular weight is 568 g/mol. The fraction of sp³-hybridized carbons (Fsp3) is 0.300. The lowest BCUT2D eigenvalue weighted by Crippen LogP contribution is -2.50. The molecule has 1 saturated carbocycles. The van der Waals surface area contributed by atoms with Gasteiger partial charge in [-0.15, -0.1) is 0 Å². The maximum atomic E-state index is 14.3. The Bertz CT molecular complexity index is 1430. The molecule has 0 aromatic heterocycles. The summed E-state index contributed by atoms with van der Waals surface area (Å²) >= 11 is 12.4. The molecule has 1 heterocycles. The quantitative estimate of drug-likeness (QED) is 0.297. The predicted molar refractivity (Wildman–Crippen MR) is 146 cm³/mol. The van der Waals surface area contributed by atoms with Gasteiger partial charge >= 0.3 is 5.97 Å². The van der Waals surface area contributed by atoms with E-state index in [-0.39, 0.29) is 24.6 Å². The molecule has 0 bridgehead atoms. The number of hydrogen-bond acceptors (Lipinski definition) is 5. The van der Waals surface area contributed by atoms with Crippen LogP contribution in [-0.4, -0.2) is 46.0 Å². The van der Waals surface area contributed by atoms with Crippen molar-refractivity contribution >= 4 is 40.9 Å². The number of carbonyl (C=O) groups excluding carboxylic acids is 2. The monoisotopic (exact) mass is 567 g/mol. The summed E-state index contributed by atoms with van der Waals surface area (Å²) in [7, 11) is 0. The number of Topliss-reactive ketones (excluding diaryl/α,β-unsaturated/α-hetero) is 1. The number of hydrogen-bond donors (Lipinski definition) is 2. The van der Waals surface area contributed by atoms with Crippen LogP contribution in [0.2, 0.25) is 10.0 Å². The maximum Gasteiger partial charge on any atom is 0.305 e. The summed E-state index contributed by atoms with van der Waals surface area (Å²) in [5.41, 5.74) is 0.195. The summed E-state index contributed by atoms with van der Waals surface area (Å²) in [6.45, 7) is 1.47. The molecule has 3 aromatic rings. The molecule has 1 aliphatic carbocycles. The Kier molecular flexibility index (Phi) is 7.29. The maximum absolute atomic E-state index is 14.3. The molecule has 1 aliphatic heterocycles. The first kappa shape index (κ1) is 27.3. The third-order valence-corrected chi connectivity index (χ3v) is 8.13. The van der Waals surface area contributed by atoms with Crippen LogP contribution in [0.15, 0.2) is 66.7 Å². The zero-order valence-corrected chi connectivity index (χ0v) is 22.7. The Morgan fingerprint density at radius 2 is 1.62 bits per heavy atom. The van der Waals surface area contributed by atoms with Crippen LogP contribution in [0.5, 0.6) is 0 Å². The van der Waals surface area contributed by atoms with Crippen LogP contribution in [0, 0.1) is 5.41 Å². The Balaban J connectivity index is 1.78. The van der Waals surface area contributed by atoms with E-state index in [4.69, 9.17) is 27.9 Å². The van der Waals surface area contributed by atoms with Gasteiger partial charge in [0.1, 0.15) is 0 Å². The Morgan fingerprint density at radius 3 is 2.15 bits per heavy atom. The molecular weight excluding hydrogens is 541 g/mol. The molecule has 9 heteroatoms. The number of ketones is 1. The van der Waals surface area contributed by atoms with Crippen molar-refractivity contribution in [3.8, 4) is 0 Å². The van der Waals surface area contributed by atoms with Gasteiger partial charge in [-0.3, -0.25) is 19.3 Å². The van der Waals surface area contributed by atoms with Gasteiger partial charge in [-0.2, -0.15) is 0 Å². The third kappa shape index (κ3) is 4.96. The van der Waals surface area contributed by atoms with Crippen molar-refractivity contribution in [1.29, 1.82) is 0 Å². The number of benzene rings is 3. The number of aliphatic hydroxyl groups is 1. The molecular formula is C30H27Cl2NO6. The van der Waals surface area contributed by atoms with Gasteiger partial charge in [0.2, 0.25) is 0 Å². The smallest absolute Gasteiger partial charge is 0.305 e. The molecule has 5 rings (SSSR count). The summed E-state index contributed by atoms with van der Waals surface area (Å²) in [6, 6.07) is 17.4. The summed E-state index contributed by atoms with van der Waals surface area (Å²) in [6.07, 6.45) is 1.12. The van der Waals surface area contributed by atoms with E-state index in [1.54, 1.807) is 60.7 Å². The van der Waals surface area contributed by atoms with Crippen molar-refractivity contribution in [2.45, 2.75) is 38.0 Å². The molecule has 0 spiro atoms. The fourth-order valence-corrected chi connectivity index (χ4v) is 5.44. The Hall–Kier alpha value is -3.23.